The zero-order valence-electron chi connectivity index (χ0n) is 15.8. The van der Waals surface area contributed by atoms with Gasteiger partial charge in [-0.2, -0.15) is 0 Å². The molecule has 6 heteroatoms. The molecule has 6 nitrogen and oxygen atoms in total. The lowest BCUT2D eigenvalue weighted by Gasteiger charge is -2.35. The molecule has 27 heavy (non-hydrogen) atoms. The summed E-state index contributed by atoms with van der Waals surface area (Å²) in [6.45, 7) is 5.47. The van der Waals surface area contributed by atoms with Crippen LogP contribution in [0.5, 0.6) is 0 Å². The summed E-state index contributed by atoms with van der Waals surface area (Å²) in [4.78, 5) is 36.0. The molecule has 1 fully saturated rings. The minimum atomic E-state index is -0.118. The van der Waals surface area contributed by atoms with Crippen LogP contribution in [0.2, 0.25) is 0 Å². The lowest BCUT2D eigenvalue weighted by Crippen LogP contribution is -2.45. The van der Waals surface area contributed by atoms with E-state index in [1.165, 1.54) is 11.1 Å². The average Bonchev–Trinajstić information content (AvgIpc) is 2.67. The molecule has 0 spiro atoms. The molecule has 3 heterocycles. The van der Waals surface area contributed by atoms with Gasteiger partial charge in [-0.3, -0.25) is 14.5 Å². The van der Waals surface area contributed by atoms with Crippen molar-refractivity contribution < 1.29 is 4.79 Å². The van der Waals surface area contributed by atoms with Gasteiger partial charge in [0.15, 0.2) is 0 Å². The summed E-state index contributed by atoms with van der Waals surface area (Å²) in [6.07, 6.45) is 2.92. The van der Waals surface area contributed by atoms with E-state index in [4.69, 9.17) is 0 Å². The van der Waals surface area contributed by atoms with E-state index in [1.807, 2.05) is 4.90 Å². The van der Waals surface area contributed by atoms with Crippen LogP contribution in [0.15, 0.2) is 35.1 Å². The van der Waals surface area contributed by atoms with Gasteiger partial charge in [-0.1, -0.05) is 24.3 Å². The molecule has 1 atom stereocenters. The summed E-state index contributed by atoms with van der Waals surface area (Å²) in [7, 11) is 0. The molecular formula is C21H26N4O2. The number of nitrogens with zero attached hydrogens (tertiary/aromatic N) is 3. The highest BCUT2D eigenvalue weighted by Crippen LogP contribution is 2.25. The van der Waals surface area contributed by atoms with Gasteiger partial charge in [-0.05, 0) is 37.3 Å². The third-order valence-corrected chi connectivity index (χ3v) is 5.64. The van der Waals surface area contributed by atoms with Crippen LogP contribution in [-0.2, 0) is 17.8 Å². The number of hydrogen-bond acceptors (Lipinski definition) is 4. The standard InChI is InChI=1S/C21H26N4O2/c1-15-22-19(11-20(26)23-15)18-7-4-9-25(13-18)21(27)14-24-10-8-16-5-2-3-6-17(16)12-24/h2-3,5-6,11,18H,4,7-10,12-14H2,1H3,(H,22,23,26). The number of benzene rings is 1. The molecule has 0 aliphatic carbocycles. The molecule has 4 rings (SSSR count). The molecule has 1 saturated heterocycles. The van der Waals surface area contributed by atoms with Crippen LogP contribution in [0, 0.1) is 6.92 Å². The second-order valence-corrected chi connectivity index (χ2v) is 7.66. The van der Waals surface area contributed by atoms with Crippen molar-refractivity contribution in [2.24, 2.45) is 0 Å². The Labute approximate surface area is 159 Å². The molecular weight excluding hydrogens is 340 g/mol. The van der Waals surface area contributed by atoms with Gasteiger partial charge in [0.1, 0.15) is 5.82 Å². The number of likely N-dealkylation sites (tertiary alicyclic amines) is 1. The fourth-order valence-corrected chi connectivity index (χ4v) is 4.24. The van der Waals surface area contributed by atoms with E-state index >= 15 is 0 Å². The number of H-pyrrole nitrogens is 1. The SMILES string of the molecule is Cc1nc(C2CCCN(C(=O)CN3CCc4ccccc4C3)C2)cc(=O)[nH]1. The molecule has 0 saturated carbocycles. The van der Waals surface area contributed by atoms with Crippen LogP contribution >= 0.6 is 0 Å². The fraction of sp³-hybridized carbons (Fsp3) is 0.476. The van der Waals surface area contributed by atoms with Crippen LogP contribution in [0.4, 0.5) is 0 Å². The van der Waals surface area contributed by atoms with Crippen LogP contribution in [-0.4, -0.2) is 51.9 Å². The molecule has 0 bridgehead atoms. The van der Waals surface area contributed by atoms with E-state index in [1.54, 1.807) is 13.0 Å². The Morgan fingerprint density at radius 2 is 2.07 bits per heavy atom. The molecule has 1 aromatic carbocycles. The zero-order chi connectivity index (χ0) is 18.8. The summed E-state index contributed by atoms with van der Waals surface area (Å²) in [5, 5.41) is 0. The Balaban J connectivity index is 1.40. The van der Waals surface area contributed by atoms with Crippen molar-refractivity contribution in [1.82, 2.24) is 19.8 Å². The highest BCUT2D eigenvalue weighted by Gasteiger charge is 2.27. The number of nitrogens with one attached hydrogen (secondary N) is 1. The van der Waals surface area contributed by atoms with Gasteiger partial charge in [-0.15, -0.1) is 0 Å². The van der Waals surface area contributed by atoms with Crippen molar-refractivity contribution in [3.63, 3.8) is 0 Å². The maximum absolute atomic E-state index is 12.9. The first-order valence-corrected chi connectivity index (χ1v) is 9.73. The Kier molecular flexibility index (Phi) is 5.07. The second-order valence-electron chi connectivity index (χ2n) is 7.66. The van der Waals surface area contributed by atoms with Gasteiger partial charge in [0.05, 0.1) is 12.2 Å². The highest BCUT2D eigenvalue weighted by molar-refractivity contribution is 5.78. The Morgan fingerprint density at radius 1 is 1.26 bits per heavy atom. The van der Waals surface area contributed by atoms with Gasteiger partial charge in [0.25, 0.3) is 5.56 Å². The molecule has 0 radical (unpaired) electrons. The first kappa shape index (κ1) is 17.9. The average molecular weight is 366 g/mol. The highest BCUT2D eigenvalue weighted by atomic mass is 16.2. The topological polar surface area (TPSA) is 69.3 Å². The summed E-state index contributed by atoms with van der Waals surface area (Å²) in [5.41, 5.74) is 3.42. The summed E-state index contributed by atoms with van der Waals surface area (Å²) >= 11 is 0. The third kappa shape index (κ3) is 4.11. The molecule has 2 aliphatic heterocycles. The third-order valence-electron chi connectivity index (χ3n) is 5.64. The number of amides is 1. The number of fused-ring (bicyclic) bond motifs is 1. The predicted molar refractivity (Wildman–Crippen MR) is 104 cm³/mol. The molecule has 2 aliphatic rings. The van der Waals surface area contributed by atoms with Crippen LogP contribution < -0.4 is 5.56 Å². The Morgan fingerprint density at radius 3 is 2.89 bits per heavy atom. The van der Waals surface area contributed by atoms with Crippen molar-refractivity contribution in [3.05, 3.63) is 63.3 Å². The van der Waals surface area contributed by atoms with E-state index in [0.29, 0.717) is 18.9 Å². The normalized spacial score (nSPS) is 20.3. The molecule has 1 unspecified atom stereocenters. The van der Waals surface area contributed by atoms with Gasteiger partial charge in [0.2, 0.25) is 5.91 Å². The quantitative estimate of drug-likeness (QED) is 0.900. The Hall–Kier alpha value is -2.47. The molecule has 142 valence electrons. The predicted octanol–water partition coefficient (Wildman–Crippen LogP) is 1.84. The van der Waals surface area contributed by atoms with Crippen molar-refractivity contribution in [2.45, 2.75) is 38.6 Å². The number of carbonyl (C=O) groups is 1. The van der Waals surface area contributed by atoms with E-state index in [0.717, 1.165) is 44.6 Å². The lowest BCUT2D eigenvalue weighted by atomic mass is 9.94. The largest absolute Gasteiger partial charge is 0.341 e. The van der Waals surface area contributed by atoms with E-state index in [2.05, 4.69) is 39.1 Å². The fourth-order valence-electron chi connectivity index (χ4n) is 4.24. The summed E-state index contributed by atoms with van der Waals surface area (Å²) in [5.74, 6) is 0.958. The first-order chi connectivity index (χ1) is 13.1. The molecule has 2 aromatic rings. The monoisotopic (exact) mass is 366 g/mol. The molecule has 1 aromatic heterocycles. The first-order valence-electron chi connectivity index (χ1n) is 9.73. The van der Waals surface area contributed by atoms with E-state index in [9.17, 15) is 9.59 Å². The zero-order valence-corrected chi connectivity index (χ0v) is 15.8. The second kappa shape index (κ2) is 7.64. The minimum absolute atomic E-state index is 0.118. The van der Waals surface area contributed by atoms with Crippen molar-refractivity contribution in [2.75, 3.05) is 26.2 Å². The summed E-state index contributed by atoms with van der Waals surface area (Å²) < 4.78 is 0. The van der Waals surface area contributed by atoms with Gasteiger partial charge in [-0.25, -0.2) is 4.98 Å². The van der Waals surface area contributed by atoms with E-state index in [-0.39, 0.29) is 17.4 Å². The Bertz CT molecular complexity index is 892. The number of rotatable bonds is 3. The number of piperidine rings is 1. The maximum atomic E-state index is 12.9. The van der Waals surface area contributed by atoms with Crippen LogP contribution in [0.1, 0.15) is 41.4 Å². The lowest BCUT2D eigenvalue weighted by molar-refractivity contribution is -0.133. The van der Waals surface area contributed by atoms with Crippen molar-refractivity contribution >= 4 is 5.91 Å². The summed E-state index contributed by atoms with van der Waals surface area (Å²) in [6, 6.07) is 10.1. The number of carbonyl (C=O) groups excluding carboxylic acids is 1. The molecule has 1 N–H and O–H groups in total. The number of aromatic amines is 1. The van der Waals surface area contributed by atoms with Crippen molar-refractivity contribution in [1.29, 1.82) is 0 Å². The maximum Gasteiger partial charge on any atom is 0.251 e. The smallest absolute Gasteiger partial charge is 0.251 e. The number of aromatic nitrogens is 2. The van der Waals surface area contributed by atoms with E-state index < -0.39 is 0 Å². The van der Waals surface area contributed by atoms with Crippen molar-refractivity contribution in [3.8, 4) is 0 Å². The van der Waals surface area contributed by atoms with Gasteiger partial charge >= 0.3 is 0 Å². The number of aryl methyl sites for hydroxylation is 1. The van der Waals surface area contributed by atoms with Crippen LogP contribution in [0.25, 0.3) is 0 Å². The minimum Gasteiger partial charge on any atom is -0.341 e. The molecule has 1 amide bonds. The van der Waals surface area contributed by atoms with Gasteiger partial charge in [0, 0.05) is 38.2 Å². The number of hydrogen-bond donors (Lipinski definition) is 1. The van der Waals surface area contributed by atoms with Crippen LogP contribution in [0.3, 0.4) is 0 Å². The van der Waals surface area contributed by atoms with Gasteiger partial charge < -0.3 is 9.88 Å².